The molecule has 0 saturated carbocycles. The van der Waals surface area contributed by atoms with E-state index in [1.54, 1.807) is 6.07 Å². The van der Waals surface area contributed by atoms with E-state index in [0.717, 1.165) is 16.2 Å². The number of nitrogens with zero attached hydrogens (tertiary/aromatic N) is 1. The van der Waals surface area contributed by atoms with Crippen LogP contribution in [0.1, 0.15) is 9.67 Å². The van der Waals surface area contributed by atoms with Crippen molar-refractivity contribution in [3.05, 3.63) is 69.6 Å². The first-order valence-electron chi connectivity index (χ1n) is 8.16. The number of thiophene rings is 1. The van der Waals surface area contributed by atoms with Crippen LogP contribution in [-0.4, -0.2) is 24.0 Å². The number of non-ortho nitro benzene ring substituents is 1. The zero-order valence-electron chi connectivity index (χ0n) is 14.0. The van der Waals surface area contributed by atoms with Crippen molar-refractivity contribution < 1.29 is 19.2 Å². The molecule has 1 aliphatic heterocycles. The number of nitrogens with one attached hydrogen (secondary N) is 1. The van der Waals surface area contributed by atoms with Gasteiger partial charge in [-0.2, -0.15) is 0 Å². The molecular weight excluding hydrogens is 368 g/mol. The van der Waals surface area contributed by atoms with E-state index in [4.69, 9.17) is 9.47 Å². The molecule has 0 fully saturated rings. The number of ether oxygens (including phenoxy) is 2. The first kappa shape index (κ1) is 17.0. The molecule has 4 rings (SSSR count). The van der Waals surface area contributed by atoms with Crippen LogP contribution in [0, 0.1) is 10.1 Å². The molecule has 1 N–H and O–H groups in total. The molecular formula is C19H14N2O5S. The molecule has 7 nitrogen and oxygen atoms in total. The van der Waals surface area contributed by atoms with E-state index in [1.807, 2.05) is 24.3 Å². The number of hydrogen-bond donors (Lipinski definition) is 1. The largest absolute Gasteiger partial charge is 0.486 e. The second kappa shape index (κ2) is 7.08. The number of nitro benzene ring substituents is 1. The van der Waals surface area contributed by atoms with Crippen molar-refractivity contribution in [2.75, 3.05) is 18.5 Å². The lowest BCUT2D eigenvalue weighted by Gasteiger charge is -2.18. The Morgan fingerprint density at radius 2 is 1.74 bits per heavy atom. The van der Waals surface area contributed by atoms with Crippen LogP contribution < -0.4 is 14.8 Å². The highest BCUT2D eigenvalue weighted by Gasteiger charge is 2.15. The van der Waals surface area contributed by atoms with E-state index in [2.05, 4.69) is 5.32 Å². The smallest absolute Gasteiger partial charge is 0.269 e. The van der Waals surface area contributed by atoms with E-state index in [1.165, 1.54) is 35.6 Å². The van der Waals surface area contributed by atoms with Gasteiger partial charge in [0, 0.05) is 22.7 Å². The van der Waals surface area contributed by atoms with Crippen LogP contribution >= 0.6 is 11.3 Å². The Kier molecular flexibility index (Phi) is 4.47. The summed E-state index contributed by atoms with van der Waals surface area (Å²) in [5.74, 6) is 1.15. The Hall–Kier alpha value is -3.39. The first-order chi connectivity index (χ1) is 13.1. The number of carbonyl (C=O) groups is 1. The third-order valence-electron chi connectivity index (χ3n) is 3.99. The van der Waals surface area contributed by atoms with Crippen LogP contribution in [0.15, 0.2) is 54.6 Å². The van der Waals surface area contributed by atoms with Gasteiger partial charge in [0.2, 0.25) is 0 Å². The average molecular weight is 382 g/mol. The SMILES string of the molecule is O=C(Nc1ccc([N+](=O)[O-])cc1)c1ccc(-c2ccc3c(c2)OCCO3)s1. The first-order valence-corrected chi connectivity index (χ1v) is 8.97. The van der Waals surface area contributed by atoms with Crippen molar-refractivity contribution in [3.8, 4) is 21.9 Å². The standard InChI is InChI=1S/C19H14N2O5S/c22-19(20-13-2-4-14(5-3-13)21(23)24)18-8-7-17(27-18)12-1-6-15-16(11-12)26-10-9-25-15/h1-8,11H,9-10H2,(H,20,22). The second-order valence-electron chi connectivity index (χ2n) is 5.78. The summed E-state index contributed by atoms with van der Waals surface area (Å²) >= 11 is 1.36. The maximum atomic E-state index is 12.4. The molecule has 8 heteroatoms. The summed E-state index contributed by atoms with van der Waals surface area (Å²) in [5.41, 5.74) is 1.42. The monoisotopic (exact) mass is 382 g/mol. The molecule has 1 amide bonds. The minimum absolute atomic E-state index is 0.0231. The fraction of sp³-hybridized carbons (Fsp3) is 0.105. The summed E-state index contributed by atoms with van der Waals surface area (Å²) in [4.78, 5) is 24.1. The van der Waals surface area contributed by atoms with E-state index < -0.39 is 4.92 Å². The van der Waals surface area contributed by atoms with Crippen LogP contribution in [0.2, 0.25) is 0 Å². The Morgan fingerprint density at radius 1 is 1.00 bits per heavy atom. The molecule has 0 radical (unpaired) electrons. The van der Waals surface area contributed by atoms with Gasteiger partial charge in [-0.1, -0.05) is 0 Å². The van der Waals surface area contributed by atoms with Gasteiger partial charge in [0.1, 0.15) is 13.2 Å². The molecule has 0 spiro atoms. The zero-order chi connectivity index (χ0) is 18.8. The van der Waals surface area contributed by atoms with Gasteiger partial charge < -0.3 is 14.8 Å². The van der Waals surface area contributed by atoms with Crippen molar-refractivity contribution >= 4 is 28.6 Å². The van der Waals surface area contributed by atoms with E-state index in [-0.39, 0.29) is 11.6 Å². The molecule has 2 aromatic carbocycles. The van der Waals surface area contributed by atoms with Crippen LogP contribution in [0.4, 0.5) is 11.4 Å². The third-order valence-corrected chi connectivity index (χ3v) is 5.13. The van der Waals surface area contributed by atoms with Gasteiger partial charge >= 0.3 is 0 Å². The van der Waals surface area contributed by atoms with Gasteiger partial charge in [-0.15, -0.1) is 11.3 Å². The van der Waals surface area contributed by atoms with Gasteiger partial charge in [0.15, 0.2) is 11.5 Å². The second-order valence-corrected chi connectivity index (χ2v) is 6.86. The number of fused-ring (bicyclic) bond motifs is 1. The number of amides is 1. The molecule has 136 valence electrons. The third kappa shape index (κ3) is 3.61. The highest BCUT2D eigenvalue weighted by atomic mass is 32.1. The molecule has 0 aliphatic carbocycles. The summed E-state index contributed by atoms with van der Waals surface area (Å²) in [7, 11) is 0. The number of rotatable bonds is 4. The predicted octanol–water partition coefficient (Wildman–Crippen LogP) is 4.35. The molecule has 0 atom stereocenters. The van der Waals surface area contributed by atoms with E-state index in [0.29, 0.717) is 29.5 Å². The summed E-state index contributed by atoms with van der Waals surface area (Å²) < 4.78 is 11.1. The highest BCUT2D eigenvalue weighted by molar-refractivity contribution is 7.17. The van der Waals surface area contributed by atoms with Crippen molar-refractivity contribution in [1.29, 1.82) is 0 Å². The predicted molar refractivity (Wildman–Crippen MR) is 102 cm³/mol. The molecule has 1 aromatic heterocycles. The Morgan fingerprint density at radius 3 is 2.48 bits per heavy atom. The minimum Gasteiger partial charge on any atom is -0.486 e. The van der Waals surface area contributed by atoms with Crippen molar-refractivity contribution in [2.45, 2.75) is 0 Å². The van der Waals surface area contributed by atoms with Crippen LogP contribution in [0.5, 0.6) is 11.5 Å². The molecule has 27 heavy (non-hydrogen) atoms. The molecule has 3 aromatic rings. The maximum Gasteiger partial charge on any atom is 0.269 e. The zero-order valence-corrected chi connectivity index (χ0v) is 14.8. The molecule has 0 saturated heterocycles. The summed E-state index contributed by atoms with van der Waals surface area (Å²) in [6, 6.07) is 15.0. The molecule has 2 heterocycles. The Balaban J connectivity index is 1.50. The topological polar surface area (TPSA) is 90.7 Å². The normalized spacial score (nSPS) is 12.4. The van der Waals surface area contributed by atoms with Crippen molar-refractivity contribution in [3.63, 3.8) is 0 Å². The fourth-order valence-corrected chi connectivity index (χ4v) is 3.57. The molecule has 0 bridgehead atoms. The maximum absolute atomic E-state index is 12.4. The summed E-state index contributed by atoms with van der Waals surface area (Å²) in [5, 5.41) is 13.4. The Bertz CT molecular complexity index is 1010. The van der Waals surface area contributed by atoms with E-state index >= 15 is 0 Å². The highest BCUT2D eigenvalue weighted by Crippen LogP contribution is 2.37. The van der Waals surface area contributed by atoms with Crippen molar-refractivity contribution in [1.82, 2.24) is 0 Å². The molecule has 1 aliphatic rings. The van der Waals surface area contributed by atoms with Gasteiger partial charge in [0.25, 0.3) is 11.6 Å². The van der Waals surface area contributed by atoms with Crippen LogP contribution in [0.25, 0.3) is 10.4 Å². The van der Waals surface area contributed by atoms with Gasteiger partial charge in [-0.3, -0.25) is 14.9 Å². The van der Waals surface area contributed by atoms with Crippen LogP contribution in [0.3, 0.4) is 0 Å². The minimum atomic E-state index is -0.482. The number of carbonyl (C=O) groups excluding carboxylic acids is 1. The van der Waals surface area contributed by atoms with Gasteiger partial charge in [-0.25, -0.2) is 0 Å². The van der Waals surface area contributed by atoms with Crippen LogP contribution in [-0.2, 0) is 0 Å². The van der Waals surface area contributed by atoms with Crippen molar-refractivity contribution in [2.24, 2.45) is 0 Å². The average Bonchev–Trinajstić information content (AvgIpc) is 3.18. The lowest BCUT2D eigenvalue weighted by Crippen LogP contribution is -2.15. The quantitative estimate of drug-likeness (QED) is 0.535. The number of anilines is 1. The fourth-order valence-electron chi connectivity index (χ4n) is 2.67. The summed E-state index contributed by atoms with van der Waals surface area (Å²) in [6.45, 7) is 1.06. The summed E-state index contributed by atoms with van der Waals surface area (Å²) in [6.07, 6.45) is 0. The lowest BCUT2D eigenvalue weighted by molar-refractivity contribution is -0.384. The number of hydrogen-bond acceptors (Lipinski definition) is 6. The molecule has 0 unspecified atom stereocenters. The Labute approximate surface area is 158 Å². The van der Waals surface area contributed by atoms with E-state index in [9.17, 15) is 14.9 Å². The van der Waals surface area contributed by atoms with Gasteiger partial charge in [0.05, 0.1) is 9.80 Å². The lowest BCUT2D eigenvalue weighted by atomic mass is 10.1. The number of nitro groups is 1. The number of benzene rings is 2. The van der Waals surface area contributed by atoms with Gasteiger partial charge in [-0.05, 0) is 48.0 Å².